The van der Waals surface area contributed by atoms with E-state index in [0.717, 1.165) is 12.4 Å². The molecule has 0 saturated carbocycles. The van der Waals surface area contributed by atoms with Crippen LogP contribution >= 0.6 is 0 Å². The maximum Gasteiger partial charge on any atom is 0.123 e. The normalized spacial score (nSPS) is 11.6. The van der Waals surface area contributed by atoms with Gasteiger partial charge in [-0.05, 0) is 36.5 Å². The Kier molecular flexibility index (Phi) is 5.01. The lowest BCUT2D eigenvalue weighted by molar-refractivity contribution is 0.109. The van der Waals surface area contributed by atoms with Crippen molar-refractivity contribution in [1.29, 1.82) is 0 Å². The van der Waals surface area contributed by atoms with Gasteiger partial charge in [-0.3, -0.25) is 0 Å². The molecule has 2 heteroatoms. The zero-order valence-electron chi connectivity index (χ0n) is 11.7. The molecule has 96 valence electrons. The Balaban J connectivity index is 2.77. The van der Waals surface area contributed by atoms with Crippen molar-refractivity contribution in [2.75, 3.05) is 19.8 Å². The monoisotopic (exact) mass is 236 g/mol. The predicted molar refractivity (Wildman–Crippen MR) is 71.9 cm³/mol. The average molecular weight is 236 g/mol. The SMILES string of the molecule is CCOCCOc1cc(C)ccc1C(C)(C)C. The summed E-state index contributed by atoms with van der Waals surface area (Å²) in [6.07, 6.45) is 0. The van der Waals surface area contributed by atoms with Crippen LogP contribution < -0.4 is 4.74 Å². The summed E-state index contributed by atoms with van der Waals surface area (Å²) in [6.45, 7) is 12.7. The lowest BCUT2D eigenvalue weighted by Crippen LogP contribution is -2.15. The van der Waals surface area contributed by atoms with Crippen LogP contribution in [0.25, 0.3) is 0 Å². The summed E-state index contributed by atoms with van der Waals surface area (Å²) in [5.41, 5.74) is 2.58. The van der Waals surface area contributed by atoms with E-state index in [1.54, 1.807) is 0 Å². The highest BCUT2D eigenvalue weighted by Gasteiger charge is 2.18. The number of aryl methyl sites for hydroxylation is 1. The molecule has 0 unspecified atom stereocenters. The van der Waals surface area contributed by atoms with Crippen LogP contribution in [0.2, 0.25) is 0 Å². The van der Waals surface area contributed by atoms with Gasteiger partial charge in [0.15, 0.2) is 0 Å². The van der Waals surface area contributed by atoms with E-state index >= 15 is 0 Å². The number of rotatable bonds is 5. The van der Waals surface area contributed by atoms with Crippen molar-refractivity contribution in [1.82, 2.24) is 0 Å². The quantitative estimate of drug-likeness (QED) is 0.726. The molecule has 2 nitrogen and oxygen atoms in total. The van der Waals surface area contributed by atoms with E-state index < -0.39 is 0 Å². The van der Waals surface area contributed by atoms with E-state index in [9.17, 15) is 0 Å². The second-order valence-corrected chi connectivity index (χ2v) is 5.29. The van der Waals surface area contributed by atoms with Crippen LogP contribution in [0.5, 0.6) is 5.75 Å². The summed E-state index contributed by atoms with van der Waals surface area (Å²) >= 11 is 0. The molecule has 0 amide bonds. The summed E-state index contributed by atoms with van der Waals surface area (Å²) in [6, 6.07) is 6.40. The Bertz CT molecular complexity index is 350. The highest BCUT2D eigenvalue weighted by molar-refractivity contribution is 5.41. The third-order valence-electron chi connectivity index (χ3n) is 2.63. The van der Waals surface area contributed by atoms with Gasteiger partial charge in [-0.25, -0.2) is 0 Å². The molecule has 0 aromatic heterocycles. The molecular formula is C15H24O2. The molecule has 0 aliphatic rings. The lowest BCUT2D eigenvalue weighted by atomic mass is 9.86. The van der Waals surface area contributed by atoms with Gasteiger partial charge in [0, 0.05) is 6.61 Å². The Morgan fingerprint density at radius 2 is 1.82 bits per heavy atom. The van der Waals surface area contributed by atoms with Crippen LogP contribution in [0.3, 0.4) is 0 Å². The fraction of sp³-hybridized carbons (Fsp3) is 0.600. The summed E-state index contributed by atoms with van der Waals surface area (Å²) in [7, 11) is 0. The molecule has 1 aromatic carbocycles. The third-order valence-corrected chi connectivity index (χ3v) is 2.63. The predicted octanol–water partition coefficient (Wildman–Crippen LogP) is 3.71. The molecule has 17 heavy (non-hydrogen) atoms. The first-order chi connectivity index (χ1) is 7.95. The van der Waals surface area contributed by atoms with Gasteiger partial charge in [0.05, 0.1) is 6.61 Å². The van der Waals surface area contributed by atoms with Crippen LogP contribution in [-0.2, 0) is 10.2 Å². The molecule has 1 aromatic rings. The van der Waals surface area contributed by atoms with Crippen molar-refractivity contribution in [2.24, 2.45) is 0 Å². The molecule has 0 fully saturated rings. The maximum atomic E-state index is 5.82. The Morgan fingerprint density at radius 1 is 1.12 bits per heavy atom. The van der Waals surface area contributed by atoms with Gasteiger partial charge >= 0.3 is 0 Å². The number of benzene rings is 1. The summed E-state index contributed by atoms with van der Waals surface area (Å²) in [4.78, 5) is 0. The highest BCUT2D eigenvalue weighted by Crippen LogP contribution is 2.31. The topological polar surface area (TPSA) is 18.5 Å². The first-order valence-electron chi connectivity index (χ1n) is 6.27. The standard InChI is InChI=1S/C15H24O2/c1-6-16-9-10-17-14-11-12(2)7-8-13(14)15(3,4)5/h7-8,11H,6,9-10H2,1-5H3. The van der Waals surface area contributed by atoms with Crippen LogP contribution in [0.4, 0.5) is 0 Å². The van der Waals surface area contributed by atoms with Crippen molar-refractivity contribution in [2.45, 2.75) is 40.0 Å². The molecule has 0 heterocycles. The van der Waals surface area contributed by atoms with Gasteiger partial charge in [-0.15, -0.1) is 0 Å². The summed E-state index contributed by atoms with van der Waals surface area (Å²) in [5, 5.41) is 0. The number of ether oxygens (including phenoxy) is 2. The van der Waals surface area contributed by atoms with Gasteiger partial charge in [0.25, 0.3) is 0 Å². The molecular weight excluding hydrogens is 212 g/mol. The first-order valence-corrected chi connectivity index (χ1v) is 6.27. The molecule has 0 aliphatic heterocycles. The van der Waals surface area contributed by atoms with E-state index in [-0.39, 0.29) is 5.41 Å². The maximum absolute atomic E-state index is 5.82. The molecule has 0 atom stereocenters. The fourth-order valence-electron chi connectivity index (χ4n) is 1.72. The number of hydrogen-bond acceptors (Lipinski definition) is 2. The van der Waals surface area contributed by atoms with Gasteiger partial charge in [-0.2, -0.15) is 0 Å². The molecule has 0 saturated heterocycles. The molecule has 0 aliphatic carbocycles. The van der Waals surface area contributed by atoms with Gasteiger partial charge in [-0.1, -0.05) is 32.9 Å². The zero-order chi connectivity index (χ0) is 12.9. The zero-order valence-corrected chi connectivity index (χ0v) is 11.7. The third kappa shape index (κ3) is 4.39. The van der Waals surface area contributed by atoms with E-state index in [1.807, 2.05) is 6.92 Å². The largest absolute Gasteiger partial charge is 0.491 e. The highest BCUT2D eigenvalue weighted by atomic mass is 16.5. The van der Waals surface area contributed by atoms with Gasteiger partial charge in [0.1, 0.15) is 12.4 Å². The minimum atomic E-state index is 0.106. The van der Waals surface area contributed by atoms with Crippen LogP contribution in [-0.4, -0.2) is 19.8 Å². The van der Waals surface area contributed by atoms with Gasteiger partial charge in [0.2, 0.25) is 0 Å². The van der Waals surface area contributed by atoms with Crippen molar-refractivity contribution in [3.8, 4) is 5.75 Å². The Morgan fingerprint density at radius 3 is 2.41 bits per heavy atom. The first kappa shape index (κ1) is 14.0. The molecule has 0 spiro atoms. The second kappa shape index (κ2) is 6.06. The minimum Gasteiger partial charge on any atom is -0.491 e. The fourth-order valence-corrected chi connectivity index (χ4v) is 1.72. The van der Waals surface area contributed by atoms with Crippen molar-refractivity contribution in [3.63, 3.8) is 0 Å². The van der Waals surface area contributed by atoms with Crippen molar-refractivity contribution >= 4 is 0 Å². The van der Waals surface area contributed by atoms with Crippen LogP contribution in [0.15, 0.2) is 18.2 Å². The minimum absolute atomic E-state index is 0.106. The van der Waals surface area contributed by atoms with Crippen molar-refractivity contribution in [3.05, 3.63) is 29.3 Å². The van der Waals surface area contributed by atoms with Gasteiger partial charge < -0.3 is 9.47 Å². The van der Waals surface area contributed by atoms with Crippen molar-refractivity contribution < 1.29 is 9.47 Å². The Labute approximate surface area is 105 Å². The van der Waals surface area contributed by atoms with E-state index in [0.29, 0.717) is 13.2 Å². The smallest absolute Gasteiger partial charge is 0.123 e. The lowest BCUT2D eigenvalue weighted by Gasteiger charge is -2.23. The molecule has 0 radical (unpaired) electrons. The molecule has 1 rings (SSSR count). The number of hydrogen-bond donors (Lipinski definition) is 0. The van der Waals surface area contributed by atoms with E-state index in [2.05, 4.69) is 45.9 Å². The summed E-state index contributed by atoms with van der Waals surface area (Å²) < 4.78 is 11.1. The molecule has 0 N–H and O–H groups in total. The molecule has 0 bridgehead atoms. The van der Waals surface area contributed by atoms with Crippen LogP contribution in [0, 0.1) is 6.92 Å². The van der Waals surface area contributed by atoms with E-state index in [4.69, 9.17) is 9.47 Å². The van der Waals surface area contributed by atoms with E-state index in [1.165, 1.54) is 11.1 Å². The summed E-state index contributed by atoms with van der Waals surface area (Å²) in [5.74, 6) is 0.984. The second-order valence-electron chi connectivity index (χ2n) is 5.29. The Hall–Kier alpha value is -1.02. The van der Waals surface area contributed by atoms with Crippen LogP contribution in [0.1, 0.15) is 38.8 Å². The average Bonchev–Trinajstić information content (AvgIpc) is 2.23.